The molecule has 2 heterocycles. The SMILES string of the molecule is CCOc1nc2cccc(C(=O)OC=Cc3ccccc3)c2n1Cc1ccc(-c2ccccc2-c2nn[nH]n2)cc1. The molecule has 1 N–H and O–H groups in total. The highest BCUT2D eigenvalue weighted by Gasteiger charge is 2.20. The first-order valence-electron chi connectivity index (χ1n) is 13.2. The Balaban J connectivity index is 1.31. The van der Waals surface area contributed by atoms with Gasteiger partial charge in [0, 0.05) is 5.56 Å². The number of hydrogen-bond acceptors (Lipinski definition) is 7. The number of nitrogens with zero attached hydrogens (tertiary/aromatic N) is 5. The van der Waals surface area contributed by atoms with Crippen LogP contribution in [0.3, 0.4) is 0 Å². The fourth-order valence-electron chi connectivity index (χ4n) is 4.69. The second-order valence-corrected chi connectivity index (χ2v) is 9.18. The second-order valence-electron chi connectivity index (χ2n) is 9.18. The quantitative estimate of drug-likeness (QED) is 0.172. The lowest BCUT2D eigenvalue weighted by atomic mass is 9.98. The third-order valence-corrected chi connectivity index (χ3v) is 6.58. The van der Waals surface area contributed by atoms with Crippen molar-refractivity contribution in [3.63, 3.8) is 0 Å². The molecule has 6 aromatic rings. The molecule has 0 aliphatic carbocycles. The van der Waals surface area contributed by atoms with Crippen molar-refractivity contribution in [3.05, 3.63) is 120 Å². The van der Waals surface area contributed by atoms with Gasteiger partial charge in [-0.15, -0.1) is 10.2 Å². The topological polar surface area (TPSA) is 108 Å². The summed E-state index contributed by atoms with van der Waals surface area (Å²) < 4.78 is 13.3. The van der Waals surface area contributed by atoms with Gasteiger partial charge < -0.3 is 9.47 Å². The monoisotopic (exact) mass is 542 g/mol. The molecule has 0 spiro atoms. The van der Waals surface area contributed by atoms with Gasteiger partial charge in [0.2, 0.25) is 5.82 Å². The average Bonchev–Trinajstić information content (AvgIpc) is 3.67. The molecule has 202 valence electrons. The molecule has 0 amide bonds. The molecule has 9 heteroatoms. The van der Waals surface area contributed by atoms with Crippen LogP contribution in [-0.4, -0.2) is 42.8 Å². The molecule has 0 aliphatic heterocycles. The molecule has 9 nitrogen and oxygen atoms in total. The normalized spacial score (nSPS) is 11.2. The molecule has 0 saturated carbocycles. The van der Waals surface area contributed by atoms with Crippen molar-refractivity contribution >= 4 is 23.1 Å². The molecule has 41 heavy (non-hydrogen) atoms. The molecule has 6 rings (SSSR count). The lowest BCUT2D eigenvalue weighted by Crippen LogP contribution is -2.09. The number of nitrogens with one attached hydrogen (secondary N) is 1. The van der Waals surface area contributed by atoms with Crippen LogP contribution in [0.2, 0.25) is 0 Å². The fourth-order valence-corrected chi connectivity index (χ4v) is 4.69. The summed E-state index contributed by atoms with van der Waals surface area (Å²) in [7, 11) is 0. The molecular formula is C32H26N6O3. The Bertz CT molecular complexity index is 1810. The lowest BCUT2D eigenvalue weighted by Gasteiger charge is -2.12. The van der Waals surface area contributed by atoms with Crippen molar-refractivity contribution in [3.8, 4) is 28.5 Å². The number of carbonyl (C=O) groups excluding carboxylic acids is 1. The zero-order chi connectivity index (χ0) is 28.0. The van der Waals surface area contributed by atoms with E-state index >= 15 is 0 Å². The molecule has 0 saturated heterocycles. The number of hydrogen-bond donors (Lipinski definition) is 1. The summed E-state index contributed by atoms with van der Waals surface area (Å²) in [5.74, 6) is 0.0642. The van der Waals surface area contributed by atoms with E-state index in [4.69, 9.17) is 9.47 Å². The molecule has 0 unspecified atom stereocenters. The summed E-state index contributed by atoms with van der Waals surface area (Å²) in [4.78, 5) is 17.8. The smallest absolute Gasteiger partial charge is 0.345 e. The van der Waals surface area contributed by atoms with E-state index in [1.54, 1.807) is 18.2 Å². The van der Waals surface area contributed by atoms with Gasteiger partial charge in [0.1, 0.15) is 0 Å². The molecule has 0 bridgehead atoms. The van der Waals surface area contributed by atoms with Gasteiger partial charge in [0.25, 0.3) is 6.01 Å². The van der Waals surface area contributed by atoms with E-state index in [9.17, 15) is 4.79 Å². The van der Waals surface area contributed by atoms with Crippen LogP contribution in [-0.2, 0) is 11.3 Å². The number of tetrazole rings is 1. The minimum atomic E-state index is -0.472. The van der Waals surface area contributed by atoms with Crippen LogP contribution in [0.25, 0.3) is 39.6 Å². The standard InChI is InChI=1S/C32H26N6O3/c1-2-40-32-33-28-14-8-13-27(31(39)41-20-19-22-9-4-3-5-10-22)29(28)38(32)21-23-15-17-24(18-16-23)25-11-6-7-12-26(25)30-34-36-37-35-30/h3-20H,2,21H2,1H3,(H,34,35,36,37). The minimum Gasteiger partial charge on any atom is -0.465 e. The van der Waals surface area contributed by atoms with E-state index in [0.29, 0.717) is 41.6 Å². The highest BCUT2D eigenvalue weighted by Crippen LogP contribution is 2.31. The van der Waals surface area contributed by atoms with E-state index < -0.39 is 5.97 Å². The summed E-state index contributed by atoms with van der Waals surface area (Å²) >= 11 is 0. The van der Waals surface area contributed by atoms with Gasteiger partial charge in [-0.2, -0.15) is 10.2 Å². The van der Waals surface area contributed by atoms with Gasteiger partial charge in [0.05, 0.1) is 36.0 Å². The number of aromatic amines is 1. The summed E-state index contributed by atoms with van der Waals surface area (Å²) in [5, 5.41) is 14.5. The number of esters is 1. The van der Waals surface area contributed by atoms with E-state index in [1.165, 1.54) is 6.26 Å². The molecule has 4 aromatic carbocycles. The number of para-hydroxylation sites is 1. The van der Waals surface area contributed by atoms with E-state index in [2.05, 4.69) is 37.7 Å². The van der Waals surface area contributed by atoms with Crippen LogP contribution in [0, 0.1) is 0 Å². The predicted octanol–water partition coefficient (Wildman–Crippen LogP) is 6.16. The van der Waals surface area contributed by atoms with E-state index in [-0.39, 0.29) is 0 Å². The van der Waals surface area contributed by atoms with Crippen LogP contribution in [0.5, 0.6) is 6.01 Å². The predicted molar refractivity (Wildman–Crippen MR) is 156 cm³/mol. The molecule has 0 fully saturated rings. The van der Waals surface area contributed by atoms with Gasteiger partial charge >= 0.3 is 5.97 Å². The molecule has 2 aromatic heterocycles. The Hall–Kier alpha value is -5.57. The van der Waals surface area contributed by atoms with Crippen molar-refractivity contribution < 1.29 is 14.3 Å². The van der Waals surface area contributed by atoms with Crippen molar-refractivity contribution in [1.29, 1.82) is 0 Å². The Kier molecular flexibility index (Phi) is 7.31. The van der Waals surface area contributed by atoms with Gasteiger partial charge in [-0.3, -0.25) is 4.57 Å². The third kappa shape index (κ3) is 5.46. The van der Waals surface area contributed by atoms with Crippen molar-refractivity contribution in [2.45, 2.75) is 13.5 Å². The number of aromatic nitrogens is 6. The maximum absolute atomic E-state index is 13.2. The number of benzene rings is 4. The number of ether oxygens (including phenoxy) is 2. The number of carbonyl (C=O) groups is 1. The Morgan fingerprint density at radius 1 is 0.902 bits per heavy atom. The first-order chi connectivity index (χ1) is 20.2. The largest absolute Gasteiger partial charge is 0.465 e. The Labute approximate surface area is 236 Å². The van der Waals surface area contributed by atoms with Crippen LogP contribution in [0.1, 0.15) is 28.4 Å². The Morgan fingerprint density at radius 3 is 2.44 bits per heavy atom. The molecule has 0 atom stereocenters. The van der Waals surface area contributed by atoms with Gasteiger partial charge in [0.15, 0.2) is 0 Å². The summed E-state index contributed by atoms with van der Waals surface area (Å²) in [6.07, 6.45) is 3.16. The van der Waals surface area contributed by atoms with E-state index in [0.717, 1.165) is 27.8 Å². The van der Waals surface area contributed by atoms with E-state index in [1.807, 2.05) is 84.3 Å². The van der Waals surface area contributed by atoms with Gasteiger partial charge in [-0.25, -0.2) is 4.79 Å². The summed E-state index contributed by atoms with van der Waals surface area (Å²) in [6.45, 7) is 2.79. The van der Waals surface area contributed by atoms with Crippen LogP contribution in [0.15, 0.2) is 103 Å². The summed E-state index contributed by atoms with van der Waals surface area (Å²) in [6, 6.07) is 31.6. The molecule has 0 radical (unpaired) electrons. The molecular weight excluding hydrogens is 516 g/mol. The maximum atomic E-state index is 13.2. The van der Waals surface area contributed by atoms with Crippen LogP contribution >= 0.6 is 0 Å². The second kappa shape index (κ2) is 11.7. The van der Waals surface area contributed by atoms with Crippen LogP contribution < -0.4 is 4.74 Å². The fraction of sp³-hybridized carbons (Fsp3) is 0.0938. The van der Waals surface area contributed by atoms with Gasteiger partial charge in [-0.05, 0) is 52.6 Å². The van der Waals surface area contributed by atoms with Gasteiger partial charge in [-0.1, -0.05) is 84.9 Å². The number of H-pyrrole nitrogens is 1. The number of fused-ring (bicyclic) bond motifs is 1. The third-order valence-electron chi connectivity index (χ3n) is 6.58. The van der Waals surface area contributed by atoms with Crippen LogP contribution in [0.4, 0.5) is 0 Å². The zero-order valence-electron chi connectivity index (χ0n) is 22.3. The van der Waals surface area contributed by atoms with Crippen molar-refractivity contribution in [1.82, 2.24) is 30.2 Å². The highest BCUT2D eigenvalue weighted by atomic mass is 16.5. The number of imidazole rings is 1. The average molecular weight is 543 g/mol. The first-order valence-corrected chi connectivity index (χ1v) is 13.2. The first kappa shape index (κ1) is 25.7. The number of rotatable bonds is 9. The Morgan fingerprint density at radius 2 is 1.68 bits per heavy atom. The van der Waals surface area contributed by atoms with Crippen molar-refractivity contribution in [2.75, 3.05) is 6.61 Å². The van der Waals surface area contributed by atoms with Crippen molar-refractivity contribution in [2.24, 2.45) is 0 Å². The highest BCUT2D eigenvalue weighted by molar-refractivity contribution is 6.02. The minimum absolute atomic E-state index is 0.407. The maximum Gasteiger partial charge on any atom is 0.345 e. The summed E-state index contributed by atoms with van der Waals surface area (Å²) in [5.41, 5.74) is 6.56. The molecule has 0 aliphatic rings. The zero-order valence-corrected chi connectivity index (χ0v) is 22.3. The lowest BCUT2D eigenvalue weighted by molar-refractivity contribution is 0.0667.